The van der Waals surface area contributed by atoms with Crippen LogP contribution in [-0.4, -0.2) is 6.17 Å². The molecule has 0 fully saturated rings. The molecule has 56 valence electrons. The van der Waals surface area contributed by atoms with Gasteiger partial charge >= 0.3 is 0 Å². The fraction of sp³-hybridized carbons (Fsp3) is 1.00. The molecule has 0 aliphatic rings. The highest BCUT2D eigenvalue weighted by Crippen LogP contribution is 2.08. The van der Waals surface area contributed by atoms with Crippen LogP contribution in [0.4, 0.5) is 4.39 Å². The normalized spacial score (nSPS) is 13.7. The first-order chi connectivity index (χ1) is 4.31. The topological polar surface area (TPSA) is 0 Å². The van der Waals surface area contributed by atoms with E-state index in [0.717, 1.165) is 12.8 Å². The summed E-state index contributed by atoms with van der Waals surface area (Å²) in [4.78, 5) is 0. The Balaban J connectivity index is 2.88. The molecule has 0 rings (SSSR count). The molecular formula is C8H17F. The van der Waals surface area contributed by atoms with Gasteiger partial charge in [0.1, 0.15) is 0 Å². The second-order valence-electron chi connectivity index (χ2n) is 2.50. The Hall–Kier alpha value is -0.0700. The van der Waals surface area contributed by atoms with Crippen LogP contribution in [0.25, 0.3) is 0 Å². The average molecular weight is 132 g/mol. The molecule has 1 atom stereocenters. The molecule has 0 aromatic rings. The van der Waals surface area contributed by atoms with Gasteiger partial charge in [-0.05, 0) is 12.8 Å². The van der Waals surface area contributed by atoms with E-state index in [0.29, 0.717) is 6.42 Å². The fourth-order valence-corrected chi connectivity index (χ4v) is 0.820. The Morgan fingerprint density at radius 3 is 2.33 bits per heavy atom. The van der Waals surface area contributed by atoms with Gasteiger partial charge in [-0.2, -0.15) is 0 Å². The van der Waals surface area contributed by atoms with Gasteiger partial charge in [-0.3, -0.25) is 0 Å². The lowest BCUT2D eigenvalue weighted by Crippen LogP contribution is -1.96. The summed E-state index contributed by atoms with van der Waals surface area (Å²) >= 11 is 0. The number of unbranched alkanes of at least 4 members (excludes halogenated alkanes) is 2. The predicted octanol–water partition coefficient (Wildman–Crippen LogP) is 3.31. The van der Waals surface area contributed by atoms with Crippen LogP contribution in [0.1, 0.15) is 46.0 Å². The van der Waals surface area contributed by atoms with E-state index in [1.165, 1.54) is 12.8 Å². The van der Waals surface area contributed by atoms with Gasteiger partial charge in [0.05, 0.1) is 6.17 Å². The third-order valence-electron chi connectivity index (χ3n) is 1.56. The summed E-state index contributed by atoms with van der Waals surface area (Å²) in [6.07, 6.45) is 4.34. The first-order valence-electron chi connectivity index (χ1n) is 3.95. The SMILES string of the molecule is CCCCC[C@H](F)CC. The lowest BCUT2D eigenvalue weighted by Gasteiger charge is -2.01. The van der Waals surface area contributed by atoms with Crippen LogP contribution < -0.4 is 0 Å². The summed E-state index contributed by atoms with van der Waals surface area (Å²) in [7, 11) is 0. The number of hydrogen-bond acceptors (Lipinski definition) is 0. The van der Waals surface area contributed by atoms with Gasteiger partial charge < -0.3 is 0 Å². The maximum atomic E-state index is 12.5. The summed E-state index contributed by atoms with van der Waals surface area (Å²) in [6, 6.07) is 0. The largest absolute Gasteiger partial charge is 0.248 e. The zero-order valence-corrected chi connectivity index (χ0v) is 6.49. The standard InChI is InChI=1S/C8H17F/c1-3-5-6-7-8(9)4-2/h8H,3-7H2,1-2H3/t8-/m1/s1. The minimum Gasteiger partial charge on any atom is -0.248 e. The van der Waals surface area contributed by atoms with E-state index in [1.54, 1.807) is 0 Å². The van der Waals surface area contributed by atoms with Gasteiger partial charge in [-0.25, -0.2) is 4.39 Å². The van der Waals surface area contributed by atoms with Crippen LogP contribution in [0.3, 0.4) is 0 Å². The summed E-state index contributed by atoms with van der Waals surface area (Å²) in [5.41, 5.74) is 0. The first-order valence-corrected chi connectivity index (χ1v) is 3.95. The molecule has 0 aromatic carbocycles. The van der Waals surface area contributed by atoms with Crippen molar-refractivity contribution in [3.63, 3.8) is 0 Å². The summed E-state index contributed by atoms with van der Waals surface area (Å²) in [6.45, 7) is 4.04. The second-order valence-corrected chi connectivity index (χ2v) is 2.50. The molecule has 9 heavy (non-hydrogen) atoms. The maximum Gasteiger partial charge on any atom is 0.0999 e. The molecule has 0 bridgehead atoms. The number of rotatable bonds is 5. The lowest BCUT2D eigenvalue weighted by atomic mass is 10.1. The van der Waals surface area contributed by atoms with Gasteiger partial charge in [0.25, 0.3) is 0 Å². The molecule has 0 amide bonds. The third kappa shape index (κ3) is 5.81. The van der Waals surface area contributed by atoms with Crippen molar-refractivity contribution in [1.29, 1.82) is 0 Å². The first kappa shape index (κ1) is 8.93. The van der Waals surface area contributed by atoms with Gasteiger partial charge in [0.15, 0.2) is 0 Å². The third-order valence-corrected chi connectivity index (χ3v) is 1.56. The molecule has 0 aliphatic heterocycles. The summed E-state index contributed by atoms with van der Waals surface area (Å²) in [5, 5.41) is 0. The molecule has 0 aliphatic carbocycles. The molecule has 0 heterocycles. The van der Waals surface area contributed by atoms with Gasteiger partial charge in [-0.1, -0.05) is 33.1 Å². The van der Waals surface area contributed by atoms with E-state index >= 15 is 0 Å². The van der Waals surface area contributed by atoms with Crippen molar-refractivity contribution in [3.05, 3.63) is 0 Å². The van der Waals surface area contributed by atoms with Crippen LogP contribution in [0.15, 0.2) is 0 Å². The molecule has 0 saturated carbocycles. The molecule has 0 aromatic heterocycles. The van der Waals surface area contributed by atoms with Crippen LogP contribution >= 0.6 is 0 Å². The second kappa shape index (κ2) is 6.06. The minimum absolute atomic E-state index is 0.545. The molecule has 0 radical (unpaired) electrons. The van der Waals surface area contributed by atoms with Crippen LogP contribution in [0.2, 0.25) is 0 Å². The van der Waals surface area contributed by atoms with E-state index in [2.05, 4.69) is 6.92 Å². The zero-order valence-electron chi connectivity index (χ0n) is 6.49. The van der Waals surface area contributed by atoms with Crippen molar-refractivity contribution in [2.24, 2.45) is 0 Å². The molecule has 0 spiro atoms. The van der Waals surface area contributed by atoms with E-state index < -0.39 is 6.17 Å². The van der Waals surface area contributed by atoms with Crippen molar-refractivity contribution < 1.29 is 4.39 Å². The van der Waals surface area contributed by atoms with Gasteiger partial charge in [0, 0.05) is 0 Å². The fourth-order valence-electron chi connectivity index (χ4n) is 0.820. The summed E-state index contributed by atoms with van der Waals surface area (Å²) in [5.74, 6) is 0. The smallest absolute Gasteiger partial charge is 0.0999 e. The van der Waals surface area contributed by atoms with Gasteiger partial charge in [0.2, 0.25) is 0 Å². The quantitative estimate of drug-likeness (QED) is 0.503. The van der Waals surface area contributed by atoms with E-state index in [4.69, 9.17) is 0 Å². The Morgan fingerprint density at radius 2 is 1.89 bits per heavy atom. The van der Waals surface area contributed by atoms with Crippen molar-refractivity contribution in [1.82, 2.24) is 0 Å². The highest BCUT2D eigenvalue weighted by Gasteiger charge is 2.00. The Kier molecular flexibility index (Phi) is 6.01. The highest BCUT2D eigenvalue weighted by molar-refractivity contribution is 4.51. The molecule has 1 heteroatoms. The molecular weight excluding hydrogens is 115 g/mol. The van der Waals surface area contributed by atoms with Crippen molar-refractivity contribution in [2.75, 3.05) is 0 Å². The van der Waals surface area contributed by atoms with E-state index in [-0.39, 0.29) is 0 Å². The van der Waals surface area contributed by atoms with Crippen LogP contribution in [0, 0.1) is 0 Å². The predicted molar refractivity (Wildman–Crippen MR) is 39.3 cm³/mol. The molecule has 0 unspecified atom stereocenters. The average Bonchev–Trinajstić information content (AvgIpc) is 1.89. The maximum absolute atomic E-state index is 12.5. The Morgan fingerprint density at radius 1 is 1.22 bits per heavy atom. The molecule has 0 N–H and O–H groups in total. The van der Waals surface area contributed by atoms with E-state index in [9.17, 15) is 4.39 Å². The molecule has 0 saturated heterocycles. The summed E-state index contributed by atoms with van der Waals surface area (Å²) < 4.78 is 12.5. The minimum atomic E-state index is -0.545. The Labute approximate surface area is 57.5 Å². The lowest BCUT2D eigenvalue weighted by molar-refractivity contribution is 0.297. The highest BCUT2D eigenvalue weighted by atomic mass is 19.1. The van der Waals surface area contributed by atoms with Crippen molar-refractivity contribution >= 4 is 0 Å². The number of hydrogen-bond donors (Lipinski definition) is 0. The van der Waals surface area contributed by atoms with Gasteiger partial charge in [-0.15, -0.1) is 0 Å². The number of halogens is 1. The number of alkyl halides is 1. The van der Waals surface area contributed by atoms with Crippen molar-refractivity contribution in [2.45, 2.75) is 52.1 Å². The van der Waals surface area contributed by atoms with E-state index in [1.807, 2.05) is 6.92 Å². The molecule has 0 nitrogen and oxygen atoms in total. The zero-order chi connectivity index (χ0) is 7.11. The monoisotopic (exact) mass is 132 g/mol. The Bertz CT molecular complexity index is 52.5. The van der Waals surface area contributed by atoms with Crippen LogP contribution in [-0.2, 0) is 0 Å². The van der Waals surface area contributed by atoms with Crippen LogP contribution in [0.5, 0.6) is 0 Å². The van der Waals surface area contributed by atoms with Crippen molar-refractivity contribution in [3.8, 4) is 0 Å².